The molecule has 1 aromatic rings. The third kappa shape index (κ3) is 18.1. The minimum Gasteiger partial charge on any atom is -0.480 e. The number of guanidine groups is 1. The highest BCUT2D eigenvalue weighted by molar-refractivity contribution is 5.96. The average molecular weight is 777 g/mol. The lowest BCUT2D eigenvalue weighted by atomic mass is 9.98. The number of rotatable bonds is 24. The summed E-state index contributed by atoms with van der Waals surface area (Å²) >= 11 is 0. The fourth-order valence-corrected chi connectivity index (χ4v) is 5.25. The first-order valence-corrected chi connectivity index (χ1v) is 18.2. The Bertz CT molecular complexity index is 1470. The van der Waals surface area contributed by atoms with E-state index in [0.717, 1.165) is 0 Å². The maximum absolute atomic E-state index is 13.7. The normalized spacial score (nSPS) is 14.4. The maximum Gasteiger partial charge on any atom is 0.326 e. The number of carbonyl (C=O) groups is 7. The molecule has 0 unspecified atom stereocenters. The zero-order valence-corrected chi connectivity index (χ0v) is 32.5. The first-order valence-electron chi connectivity index (χ1n) is 18.2. The lowest BCUT2D eigenvalue weighted by Crippen LogP contribution is -2.60. The quantitative estimate of drug-likeness (QED) is 0.0297. The Balaban J connectivity index is 3.12. The van der Waals surface area contributed by atoms with E-state index in [1.54, 1.807) is 58.0 Å². The molecule has 0 aliphatic rings. The monoisotopic (exact) mass is 776 g/mol. The molecule has 1 rings (SSSR count). The van der Waals surface area contributed by atoms with E-state index in [9.17, 15) is 43.8 Å². The highest BCUT2D eigenvalue weighted by Crippen LogP contribution is 2.10. The molecule has 0 radical (unpaired) electrons. The van der Waals surface area contributed by atoms with Gasteiger partial charge in [0.1, 0.15) is 36.3 Å². The zero-order chi connectivity index (χ0) is 41.8. The van der Waals surface area contributed by atoms with Crippen LogP contribution in [0, 0.1) is 17.8 Å². The number of carboxylic acid groups (broad SMARTS) is 1. The van der Waals surface area contributed by atoms with E-state index in [1.807, 2.05) is 13.8 Å². The molecule has 308 valence electrons. The summed E-state index contributed by atoms with van der Waals surface area (Å²) in [6.07, 6.45) is 0.474. The zero-order valence-electron chi connectivity index (χ0n) is 32.5. The molecule has 0 saturated carbocycles. The molecular formula is C36H60N10O9. The number of aliphatic hydroxyl groups is 1. The van der Waals surface area contributed by atoms with Gasteiger partial charge >= 0.3 is 5.97 Å². The first-order chi connectivity index (χ1) is 25.8. The van der Waals surface area contributed by atoms with E-state index in [2.05, 4.69) is 36.9 Å². The minimum absolute atomic E-state index is 0.0145. The Morgan fingerprint density at radius 1 is 0.709 bits per heavy atom. The van der Waals surface area contributed by atoms with Gasteiger partial charge in [0.2, 0.25) is 35.4 Å². The van der Waals surface area contributed by atoms with Gasteiger partial charge in [-0.05, 0) is 42.6 Å². The number of benzene rings is 1. The van der Waals surface area contributed by atoms with Gasteiger partial charge in [-0.15, -0.1) is 0 Å². The summed E-state index contributed by atoms with van der Waals surface area (Å²) in [4.78, 5) is 94.7. The van der Waals surface area contributed by atoms with Crippen molar-refractivity contribution in [3.63, 3.8) is 0 Å². The van der Waals surface area contributed by atoms with E-state index in [0.29, 0.717) is 5.56 Å². The number of carbonyl (C=O) groups excluding carboxylic acids is 6. The van der Waals surface area contributed by atoms with Crippen molar-refractivity contribution in [1.29, 1.82) is 0 Å². The Hall–Kier alpha value is -5.30. The minimum atomic E-state index is -1.28. The number of aliphatic carboxylic acids is 1. The van der Waals surface area contributed by atoms with Crippen LogP contribution in [0.1, 0.15) is 66.4 Å². The van der Waals surface area contributed by atoms with Crippen LogP contribution in [0.3, 0.4) is 0 Å². The lowest BCUT2D eigenvalue weighted by Gasteiger charge is -2.29. The molecular weight excluding hydrogens is 716 g/mol. The molecule has 14 N–H and O–H groups in total. The van der Waals surface area contributed by atoms with Crippen molar-refractivity contribution in [2.75, 3.05) is 19.7 Å². The fourth-order valence-electron chi connectivity index (χ4n) is 5.25. The summed E-state index contributed by atoms with van der Waals surface area (Å²) in [5.41, 5.74) is 16.9. The Morgan fingerprint density at radius 2 is 1.25 bits per heavy atom. The number of nitrogens with two attached hydrogens (primary N) is 3. The topological polar surface area (TPSA) is 323 Å². The lowest BCUT2D eigenvalue weighted by molar-refractivity contribution is -0.142. The molecule has 19 nitrogen and oxygen atoms in total. The molecule has 6 atom stereocenters. The molecule has 6 amide bonds. The number of hydrogen-bond acceptors (Lipinski definition) is 10. The van der Waals surface area contributed by atoms with Crippen LogP contribution in [-0.4, -0.2) is 114 Å². The Morgan fingerprint density at radius 3 is 1.76 bits per heavy atom. The summed E-state index contributed by atoms with van der Waals surface area (Å²) in [6.45, 7) is 9.29. The van der Waals surface area contributed by atoms with Gasteiger partial charge in [-0.2, -0.15) is 0 Å². The van der Waals surface area contributed by atoms with Crippen molar-refractivity contribution in [1.82, 2.24) is 31.9 Å². The Labute approximate surface area is 321 Å². The molecule has 0 spiro atoms. The van der Waals surface area contributed by atoms with Crippen LogP contribution < -0.4 is 49.1 Å². The van der Waals surface area contributed by atoms with Crippen LogP contribution in [0.15, 0.2) is 35.3 Å². The van der Waals surface area contributed by atoms with Gasteiger partial charge in [0.25, 0.3) is 0 Å². The van der Waals surface area contributed by atoms with Crippen LogP contribution in [0.2, 0.25) is 0 Å². The highest BCUT2D eigenvalue weighted by atomic mass is 16.4. The fraction of sp³-hybridized carbons (Fsp3) is 0.611. The summed E-state index contributed by atoms with van der Waals surface area (Å²) in [6, 6.07) is 1.66. The summed E-state index contributed by atoms with van der Waals surface area (Å²) in [7, 11) is 0. The molecule has 0 bridgehead atoms. The van der Waals surface area contributed by atoms with Crippen molar-refractivity contribution < 1.29 is 43.8 Å². The first kappa shape index (κ1) is 47.7. The molecule has 0 aliphatic heterocycles. The van der Waals surface area contributed by atoms with E-state index in [-0.39, 0.29) is 44.1 Å². The summed E-state index contributed by atoms with van der Waals surface area (Å²) < 4.78 is 0. The van der Waals surface area contributed by atoms with Gasteiger partial charge in [-0.1, -0.05) is 71.9 Å². The van der Waals surface area contributed by atoms with Crippen LogP contribution in [0.5, 0.6) is 0 Å². The maximum atomic E-state index is 13.7. The molecule has 55 heavy (non-hydrogen) atoms. The number of hydrogen-bond donors (Lipinski definition) is 11. The van der Waals surface area contributed by atoms with E-state index in [4.69, 9.17) is 17.2 Å². The number of nitrogens with one attached hydrogen (secondary N) is 6. The van der Waals surface area contributed by atoms with Crippen molar-refractivity contribution in [2.24, 2.45) is 39.9 Å². The van der Waals surface area contributed by atoms with Crippen LogP contribution in [0.25, 0.3) is 0 Å². The van der Waals surface area contributed by atoms with Crippen LogP contribution >= 0.6 is 0 Å². The second kappa shape index (κ2) is 24.2. The van der Waals surface area contributed by atoms with E-state index >= 15 is 0 Å². The number of nitrogens with zero attached hydrogens (tertiary/aromatic N) is 1. The van der Waals surface area contributed by atoms with Gasteiger partial charge in [-0.25, -0.2) is 4.79 Å². The highest BCUT2D eigenvalue weighted by Gasteiger charge is 2.34. The molecule has 0 heterocycles. The van der Waals surface area contributed by atoms with Crippen molar-refractivity contribution >= 4 is 47.4 Å². The predicted octanol–water partition coefficient (Wildman–Crippen LogP) is -2.41. The third-order valence-corrected chi connectivity index (χ3v) is 8.28. The van der Waals surface area contributed by atoms with Crippen molar-refractivity contribution in [2.45, 2.75) is 103 Å². The largest absolute Gasteiger partial charge is 0.480 e. The molecule has 0 aromatic heterocycles. The molecule has 0 fully saturated rings. The van der Waals surface area contributed by atoms with Crippen LogP contribution in [0.4, 0.5) is 0 Å². The van der Waals surface area contributed by atoms with Gasteiger partial charge in [0.05, 0.1) is 13.2 Å². The number of carboxylic acids is 1. The molecule has 1 aromatic carbocycles. The second-order valence-corrected chi connectivity index (χ2v) is 14.3. The summed E-state index contributed by atoms with van der Waals surface area (Å²) in [5.74, 6) is -6.73. The van der Waals surface area contributed by atoms with Gasteiger partial charge in [0.15, 0.2) is 5.96 Å². The predicted molar refractivity (Wildman–Crippen MR) is 205 cm³/mol. The molecule has 0 saturated heterocycles. The van der Waals surface area contributed by atoms with E-state index < -0.39 is 103 Å². The number of aliphatic imine (C=N–C) groups is 1. The smallest absolute Gasteiger partial charge is 0.326 e. The van der Waals surface area contributed by atoms with Crippen molar-refractivity contribution in [3.8, 4) is 0 Å². The van der Waals surface area contributed by atoms with Gasteiger partial charge in [0, 0.05) is 13.0 Å². The van der Waals surface area contributed by atoms with Crippen LogP contribution in [-0.2, 0) is 40.0 Å². The van der Waals surface area contributed by atoms with Gasteiger partial charge < -0.3 is 59.3 Å². The SMILES string of the molecule is CC(C)C[C@H](NC(=O)CNC(=O)[C@H](Cc1ccccc1)NC(=O)[C@@H](NC(=O)[C@@H](NC(=O)[C@@H](N)CO)C(C)C)C(C)C)C(=O)N[C@@H](CCCN=C(N)N)C(=O)O. The molecule has 19 heteroatoms. The standard InChI is InChI=1S/C36H60N10O9/c1-19(2)15-25(32(51)43-24(35(54)55)13-10-14-40-36(38)39)42-27(48)17-41-31(50)26(16-22-11-8-7-9-12-22)44-33(52)28(20(3)4)46-34(53)29(21(5)6)45-30(49)23(37)18-47/h7-9,11-12,19-21,23-26,28-29,47H,10,13-18,37H2,1-6H3,(H,41,50)(H,42,48)(H,43,51)(H,44,52)(H,45,49)(H,46,53)(H,54,55)(H4,38,39,40)/t23-,24-,25-,26-,28-,29-/m0/s1. The summed E-state index contributed by atoms with van der Waals surface area (Å²) in [5, 5.41) is 34.2. The third-order valence-electron chi connectivity index (χ3n) is 8.28. The number of aliphatic hydroxyl groups excluding tert-OH is 1. The van der Waals surface area contributed by atoms with Crippen molar-refractivity contribution in [3.05, 3.63) is 35.9 Å². The average Bonchev–Trinajstić information content (AvgIpc) is 3.11. The Kier molecular flexibility index (Phi) is 21.0. The molecule has 0 aliphatic carbocycles. The number of amides is 6. The second-order valence-electron chi connectivity index (χ2n) is 14.3. The van der Waals surface area contributed by atoms with Gasteiger partial charge in [-0.3, -0.25) is 33.8 Å². The van der Waals surface area contributed by atoms with E-state index in [1.165, 1.54) is 0 Å².